The summed E-state index contributed by atoms with van der Waals surface area (Å²) in [5.41, 5.74) is 1.76. The normalized spacial score (nSPS) is 10.0. The van der Waals surface area contributed by atoms with Crippen molar-refractivity contribution in [1.82, 2.24) is 5.32 Å². The molecule has 3 heteroatoms. The molecule has 3 nitrogen and oxygen atoms in total. The highest BCUT2D eigenvalue weighted by molar-refractivity contribution is 5.84. The molecule has 1 aromatic carbocycles. The molecule has 0 unspecified atom stereocenters. The Morgan fingerprint density at radius 2 is 2.13 bits per heavy atom. The van der Waals surface area contributed by atoms with Crippen molar-refractivity contribution < 1.29 is 4.79 Å². The minimum absolute atomic E-state index is 0.754. The van der Waals surface area contributed by atoms with Gasteiger partial charge in [-0.05, 0) is 32.1 Å². The molecule has 0 fully saturated rings. The van der Waals surface area contributed by atoms with Gasteiger partial charge in [-0.2, -0.15) is 0 Å². The lowest BCUT2D eigenvalue weighted by Crippen LogP contribution is -2.23. The molecule has 0 heterocycles. The van der Waals surface area contributed by atoms with Crippen LogP contribution in [0, 0.1) is 0 Å². The van der Waals surface area contributed by atoms with Gasteiger partial charge >= 0.3 is 0 Å². The van der Waals surface area contributed by atoms with Gasteiger partial charge < -0.3 is 10.2 Å². The topological polar surface area (TPSA) is 32.3 Å². The van der Waals surface area contributed by atoms with Gasteiger partial charge in [-0.25, -0.2) is 0 Å². The van der Waals surface area contributed by atoms with Crippen molar-refractivity contribution in [3.05, 3.63) is 29.8 Å². The second-order valence-corrected chi connectivity index (χ2v) is 3.56. The van der Waals surface area contributed by atoms with Crippen LogP contribution in [0.4, 0.5) is 5.69 Å². The number of benzene rings is 1. The summed E-state index contributed by atoms with van der Waals surface area (Å²) in [6.07, 6.45) is 1.98. The van der Waals surface area contributed by atoms with E-state index in [0.717, 1.165) is 37.0 Å². The maximum Gasteiger partial charge on any atom is 0.152 e. The van der Waals surface area contributed by atoms with Gasteiger partial charge in [0, 0.05) is 24.8 Å². The second-order valence-electron chi connectivity index (χ2n) is 3.56. The lowest BCUT2D eigenvalue weighted by atomic mass is 10.2. The van der Waals surface area contributed by atoms with Crippen LogP contribution >= 0.6 is 0 Å². The summed E-state index contributed by atoms with van der Waals surface area (Å²) in [5.74, 6) is 0. The van der Waals surface area contributed by atoms with E-state index in [1.807, 2.05) is 38.4 Å². The predicted octanol–water partition coefficient (Wildman–Crippen LogP) is 1.54. The van der Waals surface area contributed by atoms with Crippen LogP contribution in [0.5, 0.6) is 0 Å². The summed E-state index contributed by atoms with van der Waals surface area (Å²) in [5, 5.41) is 3.11. The fourth-order valence-electron chi connectivity index (χ4n) is 1.55. The summed E-state index contributed by atoms with van der Waals surface area (Å²) < 4.78 is 0. The van der Waals surface area contributed by atoms with Crippen molar-refractivity contribution >= 4 is 12.0 Å². The monoisotopic (exact) mass is 206 g/mol. The zero-order valence-electron chi connectivity index (χ0n) is 9.36. The maximum absolute atomic E-state index is 10.8. The van der Waals surface area contributed by atoms with Crippen LogP contribution in [0.2, 0.25) is 0 Å². The molecule has 0 atom stereocenters. The molecule has 0 spiro atoms. The number of hydrogen-bond donors (Lipinski definition) is 1. The van der Waals surface area contributed by atoms with Crippen LogP contribution in [0.15, 0.2) is 24.3 Å². The van der Waals surface area contributed by atoms with Gasteiger partial charge in [-0.3, -0.25) is 4.79 Å². The average Bonchev–Trinajstić information content (AvgIpc) is 2.29. The molecule has 0 saturated carbocycles. The number of rotatable bonds is 6. The van der Waals surface area contributed by atoms with Crippen LogP contribution in [0.3, 0.4) is 0 Å². The van der Waals surface area contributed by atoms with Crippen LogP contribution in [0.1, 0.15) is 16.8 Å². The summed E-state index contributed by atoms with van der Waals surface area (Å²) in [6.45, 7) is 1.94. The Kier molecular flexibility index (Phi) is 4.84. The number of aldehydes is 1. The molecule has 0 aromatic heterocycles. The first-order valence-corrected chi connectivity index (χ1v) is 5.19. The van der Waals surface area contributed by atoms with Crippen molar-refractivity contribution in [3.63, 3.8) is 0 Å². The number of para-hydroxylation sites is 1. The van der Waals surface area contributed by atoms with E-state index in [4.69, 9.17) is 0 Å². The first-order chi connectivity index (χ1) is 7.29. The summed E-state index contributed by atoms with van der Waals surface area (Å²) >= 11 is 0. The second kappa shape index (κ2) is 6.19. The maximum atomic E-state index is 10.8. The van der Waals surface area contributed by atoms with Gasteiger partial charge in [-0.1, -0.05) is 12.1 Å². The molecule has 0 aliphatic carbocycles. The highest BCUT2D eigenvalue weighted by Crippen LogP contribution is 2.16. The Labute approximate surface area is 91.1 Å². The van der Waals surface area contributed by atoms with Gasteiger partial charge in [0.1, 0.15) is 0 Å². The van der Waals surface area contributed by atoms with E-state index in [9.17, 15) is 4.79 Å². The number of nitrogens with one attached hydrogen (secondary N) is 1. The van der Waals surface area contributed by atoms with E-state index in [2.05, 4.69) is 10.2 Å². The van der Waals surface area contributed by atoms with E-state index in [-0.39, 0.29) is 0 Å². The molecule has 0 amide bonds. The first kappa shape index (κ1) is 11.7. The summed E-state index contributed by atoms with van der Waals surface area (Å²) in [4.78, 5) is 12.9. The Bertz CT molecular complexity index is 312. The zero-order chi connectivity index (χ0) is 11.1. The van der Waals surface area contributed by atoms with Gasteiger partial charge in [-0.15, -0.1) is 0 Å². The molecule has 0 radical (unpaired) electrons. The van der Waals surface area contributed by atoms with Gasteiger partial charge in [0.05, 0.1) is 0 Å². The van der Waals surface area contributed by atoms with Gasteiger partial charge in [0.15, 0.2) is 6.29 Å². The van der Waals surface area contributed by atoms with Crippen molar-refractivity contribution in [3.8, 4) is 0 Å². The van der Waals surface area contributed by atoms with Crippen molar-refractivity contribution in [2.45, 2.75) is 6.42 Å². The molecule has 1 rings (SSSR count). The van der Waals surface area contributed by atoms with Gasteiger partial charge in [0.25, 0.3) is 0 Å². The first-order valence-electron chi connectivity index (χ1n) is 5.19. The van der Waals surface area contributed by atoms with E-state index in [1.54, 1.807) is 0 Å². The molecule has 0 bridgehead atoms. The fraction of sp³-hybridized carbons (Fsp3) is 0.417. The Hall–Kier alpha value is -1.35. The smallest absolute Gasteiger partial charge is 0.152 e. The number of nitrogens with zero attached hydrogens (tertiary/aromatic N) is 1. The van der Waals surface area contributed by atoms with Crippen molar-refractivity contribution in [1.29, 1.82) is 0 Å². The SMILES string of the molecule is CNCCCN(C)c1ccccc1C=O. The molecular formula is C12H18N2O. The highest BCUT2D eigenvalue weighted by Gasteiger charge is 2.04. The van der Waals surface area contributed by atoms with E-state index < -0.39 is 0 Å². The number of carbonyl (C=O) groups excluding carboxylic acids is 1. The van der Waals surface area contributed by atoms with Gasteiger partial charge in [0.2, 0.25) is 0 Å². The molecule has 0 saturated heterocycles. The quantitative estimate of drug-likeness (QED) is 0.566. The third-order valence-electron chi connectivity index (χ3n) is 2.40. The molecule has 0 aliphatic rings. The van der Waals surface area contributed by atoms with Crippen molar-refractivity contribution in [2.75, 3.05) is 32.1 Å². The standard InChI is InChI=1S/C12H18N2O/c1-13-8-5-9-14(2)12-7-4-3-6-11(12)10-15/h3-4,6-7,10,13H,5,8-9H2,1-2H3. The molecule has 15 heavy (non-hydrogen) atoms. The van der Waals surface area contributed by atoms with Crippen LogP contribution in [-0.2, 0) is 0 Å². The Morgan fingerprint density at radius 3 is 2.80 bits per heavy atom. The fourth-order valence-corrected chi connectivity index (χ4v) is 1.55. The van der Waals surface area contributed by atoms with Crippen LogP contribution in [0.25, 0.3) is 0 Å². The van der Waals surface area contributed by atoms with E-state index in [1.165, 1.54) is 0 Å². The Balaban J connectivity index is 2.63. The predicted molar refractivity (Wildman–Crippen MR) is 63.6 cm³/mol. The van der Waals surface area contributed by atoms with Crippen LogP contribution in [-0.4, -0.2) is 33.5 Å². The number of hydrogen-bond acceptors (Lipinski definition) is 3. The molecule has 82 valence electrons. The van der Waals surface area contributed by atoms with Crippen LogP contribution < -0.4 is 10.2 Å². The molecule has 1 N–H and O–H groups in total. The zero-order valence-corrected chi connectivity index (χ0v) is 9.36. The molecule has 1 aromatic rings. The van der Waals surface area contributed by atoms with E-state index >= 15 is 0 Å². The minimum atomic E-state index is 0.754. The lowest BCUT2D eigenvalue weighted by Gasteiger charge is -2.20. The Morgan fingerprint density at radius 1 is 1.40 bits per heavy atom. The third kappa shape index (κ3) is 3.36. The lowest BCUT2D eigenvalue weighted by molar-refractivity contribution is 0.112. The molecular weight excluding hydrogens is 188 g/mol. The number of anilines is 1. The number of carbonyl (C=O) groups is 1. The third-order valence-corrected chi connectivity index (χ3v) is 2.40. The van der Waals surface area contributed by atoms with Crippen molar-refractivity contribution in [2.24, 2.45) is 0 Å². The molecule has 0 aliphatic heterocycles. The summed E-state index contributed by atoms with van der Waals surface area (Å²) in [6, 6.07) is 7.66. The minimum Gasteiger partial charge on any atom is -0.374 e. The highest BCUT2D eigenvalue weighted by atomic mass is 16.1. The summed E-state index contributed by atoms with van der Waals surface area (Å²) in [7, 11) is 3.96. The van der Waals surface area contributed by atoms with E-state index in [0.29, 0.717) is 0 Å². The largest absolute Gasteiger partial charge is 0.374 e. The average molecular weight is 206 g/mol.